The van der Waals surface area contributed by atoms with E-state index < -0.39 is 0 Å². The van der Waals surface area contributed by atoms with E-state index in [1.807, 2.05) is 13.0 Å². The van der Waals surface area contributed by atoms with Gasteiger partial charge in [-0.2, -0.15) is 0 Å². The van der Waals surface area contributed by atoms with Crippen LogP contribution in [0.5, 0.6) is 0 Å². The second kappa shape index (κ2) is 5.85. The fourth-order valence-electron chi connectivity index (χ4n) is 2.44. The summed E-state index contributed by atoms with van der Waals surface area (Å²) in [6.45, 7) is 2.57. The summed E-state index contributed by atoms with van der Waals surface area (Å²) >= 11 is 0. The van der Waals surface area contributed by atoms with Gasteiger partial charge in [0.15, 0.2) is 0 Å². The van der Waals surface area contributed by atoms with E-state index in [9.17, 15) is 4.79 Å². The molecule has 2 rings (SSSR count). The topological polar surface area (TPSA) is 26.3 Å². The van der Waals surface area contributed by atoms with Gasteiger partial charge in [-0.15, -0.1) is 0 Å². The van der Waals surface area contributed by atoms with Gasteiger partial charge in [-0.3, -0.25) is 4.79 Å². The van der Waals surface area contributed by atoms with Crippen LogP contribution in [0.1, 0.15) is 44.1 Å². The van der Waals surface area contributed by atoms with Gasteiger partial charge in [-0.05, 0) is 36.7 Å². The number of hydrogen-bond acceptors (Lipinski definition) is 2. The lowest BCUT2D eigenvalue weighted by molar-refractivity contribution is -0.145. The summed E-state index contributed by atoms with van der Waals surface area (Å²) in [5, 5.41) is 0. The lowest BCUT2D eigenvalue weighted by atomic mass is 9.68. The molecule has 2 atom stereocenters. The zero-order valence-electron chi connectivity index (χ0n) is 10.4. The molecule has 0 saturated heterocycles. The molecule has 0 aromatic heterocycles. The van der Waals surface area contributed by atoms with E-state index in [0.29, 0.717) is 24.9 Å². The number of hydrogen-bond donors (Lipinski definition) is 0. The van der Waals surface area contributed by atoms with Crippen molar-refractivity contribution in [3.8, 4) is 0 Å². The molecule has 1 aromatic carbocycles. The van der Waals surface area contributed by atoms with Crippen molar-refractivity contribution in [3.63, 3.8) is 0 Å². The summed E-state index contributed by atoms with van der Waals surface area (Å²) in [6, 6.07) is 10.5. The van der Waals surface area contributed by atoms with E-state index in [4.69, 9.17) is 4.74 Å². The number of benzene rings is 1. The van der Waals surface area contributed by atoms with Gasteiger partial charge >= 0.3 is 5.97 Å². The smallest absolute Gasteiger partial charge is 0.306 e. The Hall–Kier alpha value is -1.31. The fourth-order valence-corrected chi connectivity index (χ4v) is 2.44. The van der Waals surface area contributed by atoms with Gasteiger partial charge in [0.2, 0.25) is 0 Å². The summed E-state index contributed by atoms with van der Waals surface area (Å²) in [4.78, 5) is 11.6. The maximum absolute atomic E-state index is 11.6. The van der Waals surface area contributed by atoms with Crippen LogP contribution in [0.2, 0.25) is 0 Å². The predicted octanol–water partition coefficient (Wildman–Crippen LogP) is 3.52. The number of ether oxygens (including phenoxy) is 1. The van der Waals surface area contributed by atoms with Crippen molar-refractivity contribution in [2.24, 2.45) is 5.92 Å². The number of rotatable bonds is 5. The second-order valence-corrected chi connectivity index (χ2v) is 4.78. The maximum Gasteiger partial charge on any atom is 0.306 e. The molecule has 0 N–H and O–H groups in total. The molecule has 0 amide bonds. The highest BCUT2D eigenvalue weighted by Crippen LogP contribution is 2.44. The minimum absolute atomic E-state index is 0.0301. The molecule has 1 saturated carbocycles. The van der Waals surface area contributed by atoms with Gasteiger partial charge in [0, 0.05) is 6.42 Å². The first-order chi connectivity index (χ1) is 8.31. The van der Waals surface area contributed by atoms with Crippen LogP contribution in [0.3, 0.4) is 0 Å². The predicted molar refractivity (Wildman–Crippen MR) is 67.8 cm³/mol. The molecule has 0 radical (unpaired) electrons. The van der Waals surface area contributed by atoms with Crippen molar-refractivity contribution in [1.29, 1.82) is 0 Å². The van der Waals surface area contributed by atoms with Crippen LogP contribution in [0, 0.1) is 5.92 Å². The van der Waals surface area contributed by atoms with E-state index in [1.54, 1.807) is 0 Å². The van der Waals surface area contributed by atoms with E-state index in [0.717, 1.165) is 12.8 Å². The Morgan fingerprint density at radius 3 is 2.65 bits per heavy atom. The second-order valence-electron chi connectivity index (χ2n) is 4.78. The SMILES string of the molecule is CCCOC(=O)CC1CCC1c1ccccc1. The van der Waals surface area contributed by atoms with Crippen LogP contribution in [0.15, 0.2) is 30.3 Å². The van der Waals surface area contributed by atoms with Crippen molar-refractivity contribution < 1.29 is 9.53 Å². The standard InChI is InChI=1S/C15H20O2/c1-2-10-17-15(16)11-13-8-9-14(13)12-6-4-3-5-7-12/h3-7,13-14H,2,8-11H2,1H3. The van der Waals surface area contributed by atoms with Gasteiger partial charge in [0.05, 0.1) is 6.61 Å². The monoisotopic (exact) mass is 232 g/mol. The molecule has 0 spiro atoms. The fraction of sp³-hybridized carbons (Fsp3) is 0.533. The highest BCUT2D eigenvalue weighted by atomic mass is 16.5. The molecular formula is C15H20O2. The van der Waals surface area contributed by atoms with Crippen LogP contribution in [-0.2, 0) is 9.53 Å². The first-order valence-corrected chi connectivity index (χ1v) is 6.52. The van der Waals surface area contributed by atoms with Crippen LogP contribution in [-0.4, -0.2) is 12.6 Å². The van der Waals surface area contributed by atoms with E-state index in [1.165, 1.54) is 12.0 Å². The minimum atomic E-state index is -0.0301. The molecule has 1 aliphatic rings. The molecular weight excluding hydrogens is 212 g/mol. The van der Waals surface area contributed by atoms with Crippen molar-refractivity contribution in [2.45, 2.75) is 38.5 Å². The van der Waals surface area contributed by atoms with E-state index in [-0.39, 0.29) is 5.97 Å². The Morgan fingerprint density at radius 1 is 1.29 bits per heavy atom. The number of carbonyl (C=O) groups is 1. The van der Waals surface area contributed by atoms with Crippen LogP contribution in [0.4, 0.5) is 0 Å². The molecule has 92 valence electrons. The third kappa shape index (κ3) is 3.09. The molecule has 2 nitrogen and oxygen atoms in total. The third-order valence-corrected chi connectivity index (χ3v) is 3.54. The first kappa shape index (κ1) is 12.2. The highest BCUT2D eigenvalue weighted by Gasteiger charge is 2.33. The van der Waals surface area contributed by atoms with Gasteiger partial charge in [-0.1, -0.05) is 37.3 Å². The molecule has 1 aliphatic carbocycles. The van der Waals surface area contributed by atoms with Gasteiger partial charge in [0.1, 0.15) is 0 Å². The average Bonchev–Trinajstić information content (AvgIpc) is 2.33. The molecule has 2 unspecified atom stereocenters. The lowest BCUT2D eigenvalue weighted by Crippen LogP contribution is -2.27. The number of esters is 1. The minimum Gasteiger partial charge on any atom is -0.466 e. The number of carbonyl (C=O) groups excluding carboxylic acids is 1. The van der Waals surface area contributed by atoms with Crippen molar-refractivity contribution in [1.82, 2.24) is 0 Å². The van der Waals surface area contributed by atoms with Gasteiger partial charge in [-0.25, -0.2) is 0 Å². The van der Waals surface area contributed by atoms with Crippen molar-refractivity contribution in [3.05, 3.63) is 35.9 Å². The zero-order valence-corrected chi connectivity index (χ0v) is 10.4. The van der Waals surface area contributed by atoms with Gasteiger partial charge < -0.3 is 4.74 Å². The molecule has 1 fully saturated rings. The van der Waals surface area contributed by atoms with Crippen LogP contribution >= 0.6 is 0 Å². The molecule has 0 heterocycles. The first-order valence-electron chi connectivity index (χ1n) is 6.52. The molecule has 17 heavy (non-hydrogen) atoms. The molecule has 1 aromatic rings. The summed E-state index contributed by atoms with van der Waals surface area (Å²) < 4.78 is 5.14. The van der Waals surface area contributed by atoms with Crippen LogP contribution in [0.25, 0.3) is 0 Å². The van der Waals surface area contributed by atoms with E-state index in [2.05, 4.69) is 24.3 Å². The Labute approximate surface area is 103 Å². The molecule has 0 aliphatic heterocycles. The van der Waals surface area contributed by atoms with Crippen LogP contribution < -0.4 is 0 Å². The lowest BCUT2D eigenvalue weighted by Gasteiger charge is -2.36. The Balaban J connectivity index is 1.85. The van der Waals surface area contributed by atoms with E-state index >= 15 is 0 Å². The average molecular weight is 232 g/mol. The highest BCUT2D eigenvalue weighted by molar-refractivity contribution is 5.70. The Morgan fingerprint density at radius 2 is 2.06 bits per heavy atom. The van der Waals surface area contributed by atoms with Gasteiger partial charge in [0.25, 0.3) is 0 Å². The Bertz CT molecular complexity index is 358. The largest absolute Gasteiger partial charge is 0.466 e. The summed E-state index contributed by atoms with van der Waals surface area (Å²) in [7, 11) is 0. The maximum atomic E-state index is 11.6. The molecule has 2 heteroatoms. The quantitative estimate of drug-likeness (QED) is 0.726. The Kier molecular flexibility index (Phi) is 4.18. The summed E-state index contributed by atoms with van der Waals surface area (Å²) in [5.74, 6) is 1.02. The third-order valence-electron chi connectivity index (χ3n) is 3.54. The summed E-state index contributed by atoms with van der Waals surface area (Å²) in [6.07, 6.45) is 3.84. The zero-order chi connectivity index (χ0) is 12.1. The normalized spacial score (nSPS) is 22.9. The van der Waals surface area contributed by atoms with Crippen molar-refractivity contribution >= 4 is 5.97 Å². The molecule has 0 bridgehead atoms. The van der Waals surface area contributed by atoms with Crippen molar-refractivity contribution in [2.75, 3.05) is 6.61 Å². The summed E-state index contributed by atoms with van der Waals surface area (Å²) in [5.41, 5.74) is 1.37.